The first-order valence-corrected chi connectivity index (χ1v) is 11.1. The summed E-state index contributed by atoms with van der Waals surface area (Å²) in [6.45, 7) is -0.0559. The number of carbonyl (C=O) groups is 3. The highest BCUT2D eigenvalue weighted by molar-refractivity contribution is 6.13. The normalized spacial score (nSPS) is 15.1. The predicted octanol–water partition coefficient (Wildman–Crippen LogP) is 3.38. The number of amides is 3. The number of rotatable bonds is 8. The molecule has 0 aliphatic carbocycles. The minimum Gasteiger partial charge on any atom is -0.482 e. The van der Waals surface area contributed by atoms with Crippen LogP contribution in [0.3, 0.4) is 0 Å². The molecule has 1 aromatic heterocycles. The van der Waals surface area contributed by atoms with E-state index >= 15 is 0 Å². The van der Waals surface area contributed by atoms with E-state index in [9.17, 15) is 24.5 Å². The topological polar surface area (TPSA) is 160 Å². The third-order valence-electron chi connectivity index (χ3n) is 5.65. The lowest BCUT2D eigenvalue weighted by Gasteiger charge is -2.09. The number of methoxy groups -OCH3 is 1. The van der Waals surface area contributed by atoms with Gasteiger partial charge in [0.2, 0.25) is 12.6 Å². The minimum absolute atomic E-state index is 0.0254. The van der Waals surface area contributed by atoms with Crippen LogP contribution in [0.2, 0.25) is 0 Å². The van der Waals surface area contributed by atoms with Gasteiger partial charge in [-0.3, -0.25) is 19.8 Å². The van der Waals surface area contributed by atoms with Gasteiger partial charge in [-0.05, 0) is 47.5 Å². The predicted molar refractivity (Wildman–Crippen MR) is 127 cm³/mol. The fraction of sp³-hybridized carbons (Fsp3) is 0.160. The van der Waals surface area contributed by atoms with Crippen LogP contribution in [0.25, 0.3) is 6.08 Å². The van der Waals surface area contributed by atoms with Crippen LogP contribution in [0.15, 0.2) is 58.6 Å². The molecule has 0 spiro atoms. The Hall–Kier alpha value is -5.33. The SMILES string of the molecule is COC(=O)c1ccc(CN2C(=O)N/C(=C\c3ccc(OCc4ccc5c(c4)OCO5)c([N+](=O)[O-])c3)C2=O)o1. The van der Waals surface area contributed by atoms with Gasteiger partial charge in [0.05, 0.1) is 18.6 Å². The molecular formula is C25H19N3O10. The zero-order valence-corrected chi connectivity index (χ0v) is 19.8. The molecule has 13 nitrogen and oxygen atoms in total. The molecule has 1 saturated heterocycles. The summed E-state index contributed by atoms with van der Waals surface area (Å²) in [5.74, 6) is -0.0448. The number of nitrogens with zero attached hydrogens (tertiary/aromatic N) is 2. The van der Waals surface area contributed by atoms with Gasteiger partial charge in [0, 0.05) is 6.07 Å². The molecule has 0 bridgehead atoms. The van der Waals surface area contributed by atoms with Crippen molar-refractivity contribution in [3.05, 3.63) is 87.0 Å². The van der Waals surface area contributed by atoms with Crippen molar-refractivity contribution < 1.29 is 42.7 Å². The standard InChI is InChI=1S/C25H19N3O10/c1-34-24(30)21-7-4-16(38-21)11-27-23(29)17(26-25(27)31)8-14-2-5-19(18(9-14)28(32)33)35-12-15-3-6-20-22(10-15)37-13-36-20/h2-10H,11-13H2,1H3,(H,26,31)/b17-8-. The van der Waals surface area contributed by atoms with Crippen molar-refractivity contribution in [2.75, 3.05) is 13.9 Å². The second kappa shape index (κ2) is 9.97. The maximum absolute atomic E-state index is 12.8. The molecule has 3 aromatic rings. The Morgan fingerprint density at radius 2 is 1.95 bits per heavy atom. The number of ether oxygens (including phenoxy) is 4. The number of urea groups is 1. The smallest absolute Gasteiger partial charge is 0.373 e. The molecule has 0 atom stereocenters. The van der Waals surface area contributed by atoms with Gasteiger partial charge in [0.1, 0.15) is 18.1 Å². The lowest BCUT2D eigenvalue weighted by atomic mass is 10.1. The molecule has 1 fully saturated rings. The second-order valence-corrected chi connectivity index (χ2v) is 8.10. The van der Waals surface area contributed by atoms with Crippen molar-refractivity contribution in [2.45, 2.75) is 13.2 Å². The number of hydrogen-bond donors (Lipinski definition) is 1. The third kappa shape index (κ3) is 4.84. The van der Waals surface area contributed by atoms with E-state index in [-0.39, 0.29) is 48.6 Å². The van der Waals surface area contributed by atoms with Crippen molar-refractivity contribution in [1.29, 1.82) is 0 Å². The van der Waals surface area contributed by atoms with E-state index < -0.39 is 22.8 Å². The largest absolute Gasteiger partial charge is 0.482 e. The molecule has 3 amide bonds. The maximum Gasteiger partial charge on any atom is 0.373 e. The molecular weight excluding hydrogens is 502 g/mol. The quantitative estimate of drug-likeness (QED) is 0.153. The first-order chi connectivity index (χ1) is 18.3. The highest BCUT2D eigenvalue weighted by atomic mass is 16.7. The molecule has 38 heavy (non-hydrogen) atoms. The van der Waals surface area contributed by atoms with Gasteiger partial charge in [-0.25, -0.2) is 9.59 Å². The molecule has 2 aromatic carbocycles. The highest BCUT2D eigenvalue weighted by Gasteiger charge is 2.34. The Morgan fingerprint density at radius 1 is 1.13 bits per heavy atom. The van der Waals surface area contributed by atoms with Crippen LogP contribution in [0, 0.1) is 10.1 Å². The maximum atomic E-state index is 12.8. The summed E-state index contributed by atoms with van der Waals surface area (Å²) < 4.78 is 26.1. The summed E-state index contributed by atoms with van der Waals surface area (Å²) in [6, 6.07) is 11.5. The molecule has 0 unspecified atom stereocenters. The van der Waals surface area contributed by atoms with Crippen molar-refractivity contribution in [3.63, 3.8) is 0 Å². The van der Waals surface area contributed by atoms with E-state index in [2.05, 4.69) is 10.1 Å². The summed E-state index contributed by atoms with van der Waals surface area (Å²) in [5.41, 5.74) is 0.616. The molecule has 5 rings (SSSR count). The summed E-state index contributed by atoms with van der Waals surface area (Å²) in [4.78, 5) is 48.7. The molecule has 2 aliphatic rings. The number of furan rings is 1. The zero-order valence-electron chi connectivity index (χ0n) is 19.8. The number of hydrogen-bond acceptors (Lipinski definition) is 10. The molecule has 0 saturated carbocycles. The summed E-state index contributed by atoms with van der Waals surface area (Å²) >= 11 is 0. The van der Waals surface area contributed by atoms with Gasteiger partial charge in [-0.15, -0.1) is 0 Å². The zero-order chi connectivity index (χ0) is 26.8. The number of carbonyl (C=O) groups excluding carboxylic acids is 3. The summed E-state index contributed by atoms with van der Waals surface area (Å²) in [6.07, 6.45) is 1.32. The molecule has 2 aliphatic heterocycles. The Bertz CT molecular complexity index is 1490. The Morgan fingerprint density at radius 3 is 2.74 bits per heavy atom. The number of nitrogens with one attached hydrogen (secondary N) is 1. The van der Waals surface area contributed by atoms with Crippen LogP contribution in [0.5, 0.6) is 17.2 Å². The van der Waals surface area contributed by atoms with Crippen LogP contribution >= 0.6 is 0 Å². The van der Waals surface area contributed by atoms with E-state index in [1.807, 2.05) is 0 Å². The first kappa shape index (κ1) is 24.4. The number of nitro benzene ring substituents is 1. The van der Waals surface area contributed by atoms with Crippen LogP contribution in [-0.4, -0.2) is 41.6 Å². The molecule has 13 heteroatoms. The first-order valence-electron chi connectivity index (χ1n) is 11.1. The van der Waals surface area contributed by atoms with Gasteiger partial charge in [0.15, 0.2) is 17.2 Å². The van der Waals surface area contributed by atoms with Crippen molar-refractivity contribution in [1.82, 2.24) is 10.2 Å². The number of imide groups is 1. The van der Waals surface area contributed by atoms with Crippen LogP contribution in [-0.2, 0) is 22.7 Å². The fourth-order valence-corrected chi connectivity index (χ4v) is 3.79. The van der Waals surface area contributed by atoms with Crippen molar-refractivity contribution in [3.8, 4) is 17.2 Å². The van der Waals surface area contributed by atoms with Crippen molar-refractivity contribution in [2.24, 2.45) is 0 Å². The molecule has 1 N–H and O–H groups in total. The average Bonchev–Trinajstić information content (AvgIpc) is 3.64. The van der Waals surface area contributed by atoms with Gasteiger partial charge in [0.25, 0.3) is 5.91 Å². The van der Waals surface area contributed by atoms with Gasteiger partial charge in [-0.1, -0.05) is 12.1 Å². The van der Waals surface area contributed by atoms with Crippen LogP contribution in [0.1, 0.15) is 27.4 Å². The van der Waals surface area contributed by atoms with Gasteiger partial charge < -0.3 is 28.7 Å². The fourth-order valence-electron chi connectivity index (χ4n) is 3.79. The number of benzene rings is 2. The monoisotopic (exact) mass is 521 g/mol. The van der Waals surface area contributed by atoms with E-state index in [0.29, 0.717) is 17.1 Å². The second-order valence-electron chi connectivity index (χ2n) is 8.10. The summed E-state index contributed by atoms with van der Waals surface area (Å²) in [5, 5.41) is 14.1. The molecule has 0 radical (unpaired) electrons. The van der Waals surface area contributed by atoms with E-state index in [1.165, 1.54) is 43.5 Å². The minimum atomic E-state index is -0.713. The molecule has 3 heterocycles. The van der Waals surface area contributed by atoms with Crippen LogP contribution < -0.4 is 19.5 Å². The lowest BCUT2D eigenvalue weighted by molar-refractivity contribution is -0.386. The van der Waals surface area contributed by atoms with E-state index in [0.717, 1.165) is 10.5 Å². The third-order valence-corrected chi connectivity index (χ3v) is 5.65. The number of esters is 1. The Labute approximate surface area is 214 Å². The Kier molecular flexibility index (Phi) is 6.39. The van der Waals surface area contributed by atoms with Crippen molar-refractivity contribution >= 4 is 29.7 Å². The Balaban J connectivity index is 1.30. The number of fused-ring (bicyclic) bond motifs is 1. The van der Waals surface area contributed by atoms with E-state index in [4.69, 9.17) is 18.6 Å². The van der Waals surface area contributed by atoms with E-state index in [1.54, 1.807) is 18.2 Å². The van der Waals surface area contributed by atoms with Gasteiger partial charge in [-0.2, -0.15) is 0 Å². The highest BCUT2D eigenvalue weighted by Crippen LogP contribution is 2.34. The lowest BCUT2D eigenvalue weighted by Crippen LogP contribution is -2.30. The van der Waals surface area contributed by atoms with Crippen LogP contribution in [0.4, 0.5) is 10.5 Å². The number of nitro groups is 1. The average molecular weight is 521 g/mol. The van der Waals surface area contributed by atoms with Gasteiger partial charge >= 0.3 is 17.7 Å². The summed E-state index contributed by atoms with van der Waals surface area (Å²) in [7, 11) is 1.20. The molecule has 194 valence electrons.